The van der Waals surface area contributed by atoms with E-state index < -0.39 is 6.04 Å². The second kappa shape index (κ2) is 10.4. The van der Waals surface area contributed by atoms with E-state index in [0.29, 0.717) is 24.4 Å². The highest BCUT2D eigenvalue weighted by molar-refractivity contribution is 6.30. The van der Waals surface area contributed by atoms with E-state index in [2.05, 4.69) is 5.32 Å². The van der Waals surface area contributed by atoms with Crippen LogP contribution in [0.15, 0.2) is 54.6 Å². The standard InChI is InChI=1S/C24H31ClN2O2/c1-5-21(23(29)26-24(2,3)4)27(15-14-18-10-7-6-8-11-18)22(28)17-19-12-9-13-20(25)16-19/h6-13,16,21H,5,14-15,17H2,1-4H3,(H,26,29)/t21-/m0/s1. The summed E-state index contributed by atoms with van der Waals surface area (Å²) in [6.45, 7) is 8.26. The number of hydrogen-bond acceptors (Lipinski definition) is 2. The number of benzene rings is 2. The van der Waals surface area contributed by atoms with Gasteiger partial charge < -0.3 is 10.2 Å². The number of hydrogen-bond donors (Lipinski definition) is 1. The maximum atomic E-state index is 13.2. The molecule has 0 saturated heterocycles. The summed E-state index contributed by atoms with van der Waals surface area (Å²) in [6.07, 6.45) is 1.47. The zero-order valence-electron chi connectivity index (χ0n) is 17.7. The minimum absolute atomic E-state index is 0.0703. The van der Waals surface area contributed by atoms with E-state index in [-0.39, 0.29) is 23.8 Å². The molecule has 2 rings (SSSR count). The molecule has 0 aliphatic rings. The van der Waals surface area contributed by atoms with Crippen molar-refractivity contribution in [3.63, 3.8) is 0 Å². The fourth-order valence-electron chi connectivity index (χ4n) is 3.27. The van der Waals surface area contributed by atoms with Gasteiger partial charge in [-0.2, -0.15) is 0 Å². The molecule has 0 aromatic heterocycles. The molecular formula is C24H31ClN2O2. The molecule has 0 aliphatic carbocycles. The van der Waals surface area contributed by atoms with E-state index in [9.17, 15) is 9.59 Å². The Morgan fingerprint density at radius 1 is 1.03 bits per heavy atom. The Morgan fingerprint density at radius 2 is 1.69 bits per heavy atom. The van der Waals surface area contributed by atoms with Crippen LogP contribution in [-0.4, -0.2) is 34.8 Å². The molecule has 2 aromatic carbocycles. The number of carbonyl (C=O) groups is 2. The molecule has 0 fully saturated rings. The lowest BCUT2D eigenvalue weighted by Crippen LogP contribution is -2.54. The summed E-state index contributed by atoms with van der Waals surface area (Å²) >= 11 is 6.07. The number of rotatable bonds is 8. The van der Waals surface area contributed by atoms with E-state index in [1.807, 2.05) is 70.2 Å². The minimum Gasteiger partial charge on any atom is -0.350 e. The van der Waals surface area contributed by atoms with Gasteiger partial charge in [0.25, 0.3) is 0 Å². The van der Waals surface area contributed by atoms with Gasteiger partial charge >= 0.3 is 0 Å². The first-order valence-electron chi connectivity index (χ1n) is 10.1. The van der Waals surface area contributed by atoms with Crippen LogP contribution in [0.2, 0.25) is 5.02 Å². The van der Waals surface area contributed by atoms with Crippen molar-refractivity contribution in [3.05, 3.63) is 70.7 Å². The Labute approximate surface area is 179 Å². The molecule has 0 spiro atoms. The predicted octanol–water partition coefficient (Wildman–Crippen LogP) is 4.65. The molecule has 0 heterocycles. The fourth-order valence-corrected chi connectivity index (χ4v) is 3.48. The van der Waals surface area contributed by atoms with Gasteiger partial charge in [-0.25, -0.2) is 0 Å². The second-order valence-electron chi connectivity index (χ2n) is 8.29. The van der Waals surface area contributed by atoms with Gasteiger partial charge in [-0.1, -0.05) is 61.0 Å². The molecule has 5 heteroatoms. The van der Waals surface area contributed by atoms with Crippen molar-refractivity contribution in [2.24, 2.45) is 0 Å². The maximum absolute atomic E-state index is 13.2. The Balaban J connectivity index is 2.22. The van der Waals surface area contributed by atoms with Gasteiger partial charge in [-0.3, -0.25) is 9.59 Å². The Morgan fingerprint density at radius 3 is 2.28 bits per heavy atom. The minimum atomic E-state index is -0.510. The summed E-state index contributed by atoms with van der Waals surface area (Å²) in [4.78, 5) is 27.9. The summed E-state index contributed by atoms with van der Waals surface area (Å²) in [7, 11) is 0. The smallest absolute Gasteiger partial charge is 0.243 e. The molecule has 0 aliphatic heterocycles. The van der Waals surface area contributed by atoms with Crippen molar-refractivity contribution in [2.45, 2.75) is 58.5 Å². The van der Waals surface area contributed by atoms with Gasteiger partial charge in [0, 0.05) is 17.1 Å². The first-order valence-corrected chi connectivity index (χ1v) is 10.5. The molecule has 0 unspecified atom stereocenters. The van der Waals surface area contributed by atoms with E-state index in [4.69, 9.17) is 11.6 Å². The first kappa shape index (κ1) is 23.0. The quantitative estimate of drug-likeness (QED) is 0.683. The lowest BCUT2D eigenvalue weighted by atomic mass is 10.0. The van der Waals surface area contributed by atoms with Crippen LogP contribution in [-0.2, 0) is 22.4 Å². The van der Waals surface area contributed by atoms with Crippen molar-refractivity contribution in [1.82, 2.24) is 10.2 Å². The third-order valence-electron chi connectivity index (χ3n) is 4.61. The number of amides is 2. The third kappa shape index (κ3) is 7.54. The molecule has 0 saturated carbocycles. The highest BCUT2D eigenvalue weighted by Crippen LogP contribution is 2.16. The fraction of sp³-hybridized carbons (Fsp3) is 0.417. The normalized spacial score (nSPS) is 12.3. The molecule has 1 atom stereocenters. The maximum Gasteiger partial charge on any atom is 0.243 e. The molecule has 4 nitrogen and oxygen atoms in total. The largest absolute Gasteiger partial charge is 0.350 e. The summed E-state index contributed by atoms with van der Waals surface area (Å²) in [6, 6.07) is 16.8. The van der Waals surface area contributed by atoms with Gasteiger partial charge in [-0.05, 0) is 56.9 Å². The van der Waals surface area contributed by atoms with Crippen molar-refractivity contribution in [3.8, 4) is 0 Å². The van der Waals surface area contributed by atoms with Crippen LogP contribution in [0.3, 0.4) is 0 Å². The summed E-state index contributed by atoms with van der Waals surface area (Å²) in [5.74, 6) is -0.188. The summed E-state index contributed by atoms with van der Waals surface area (Å²) < 4.78 is 0. The summed E-state index contributed by atoms with van der Waals surface area (Å²) in [5, 5.41) is 3.62. The van der Waals surface area contributed by atoms with E-state index in [0.717, 1.165) is 11.1 Å². The lowest BCUT2D eigenvalue weighted by Gasteiger charge is -2.33. The highest BCUT2D eigenvalue weighted by atomic mass is 35.5. The third-order valence-corrected chi connectivity index (χ3v) is 4.85. The van der Waals surface area contributed by atoms with Crippen LogP contribution in [0.1, 0.15) is 45.2 Å². The zero-order valence-corrected chi connectivity index (χ0v) is 18.5. The van der Waals surface area contributed by atoms with Crippen LogP contribution in [0, 0.1) is 0 Å². The Kier molecular flexibility index (Phi) is 8.27. The number of halogens is 1. The average molecular weight is 415 g/mol. The van der Waals surface area contributed by atoms with Gasteiger partial charge in [0.2, 0.25) is 11.8 Å². The molecule has 2 aromatic rings. The molecule has 29 heavy (non-hydrogen) atoms. The van der Waals surface area contributed by atoms with Crippen molar-refractivity contribution in [2.75, 3.05) is 6.54 Å². The molecule has 156 valence electrons. The Bertz CT molecular complexity index is 815. The molecule has 0 bridgehead atoms. The van der Waals surface area contributed by atoms with Gasteiger partial charge in [0.15, 0.2) is 0 Å². The van der Waals surface area contributed by atoms with E-state index in [1.54, 1.807) is 17.0 Å². The van der Waals surface area contributed by atoms with Crippen molar-refractivity contribution in [1.29, 1.82) is 0 Å². The second-order valence-corrected chi connectivity index (χ2v) is 8.73. The molecule has 0 radical (unpaired) electrons. The monoisotopic (exact) mass is 414 g/mol. The van der Waals surface area contributed by atoms with Crippen LogP contribution in [0.4, 0.5) is 0 Å². The summed E-state index contributed by atoms with van der Waals surface area (Å²) in [5.41, 5.74) is 1.63. The van der Waals surface area contributed by atoms with E-state index in [1.165, 1.54) is 0 Å². The number of nitrogens with one attached hydrogen (secondary N) is 1. The molecule has 1 N–H and O–H groups in total. The lowest BCUT2D eigenvalue weighted by molar-refractivity contribution is -0.140. The van der Waals surface area contributed by atoms with Crippen molar-refractivity contribution >= 4 is 23.4 Å². The SMILES string of the molecule is CC[C@@H](C(=O)NC(C)(C)C)N(CCc1ccccc1)C(=O)Cc1cccc(Cl)c1. The van der Waals surface area contributed by atoms with Gasteiger partial charge in [-0.15, -0.1) is 0 Å². The van der Waals surface area contributed by atoms with Crippen LogP contribution in [0.5, 0.6) is 0 Å². The van der Waals surface area contributed by atoms with Crippen LogP contribution < -0.4 is 5.32 Å². The predicted molar refractivity (Wildman–Crippen MR) is 119 cm³/mol. The molecular weight excluding hydrogens is 384 g/mol. The first-order chi connectivity index (χ1) is 13.7. The van der Waals surface area contributed by atoms with Crippen molar-refractivity contribution < 1.29 is 9.59 Å². The van der Waals surface area contributed by atoms with Gasteiger partial charge in [0.1, 0.15) is 6.04 Å². The highest BCUT2D eigenvalue weighted by Gasteiger charge is 2.30. The number of carbonyl (C=O) groups excluding carboxylic acids is 2. The van der Waals surface area contributed by atoms with Crippen LogP contribution in [0.25, 0.3) is 0 Å². The zero-order chi connectivity index (χ0) is 21.4. The van der Waals surface area contributed by atoms with Crippen LogP contribution >= 0.6 is 11.6 Å². The Hall–Kier alpha value is -2.33. The number of nitrogens with zero attached hydrogens (tertiary/aromatic N) is 1. The average Bonchev–Trinajstić information content (AvgIpc) is 2.64. The molecule has 2 amide bonds. The topological polar surface area (TPSA) is 49.4 Å². The van der Waals surface area contributed by atoms with E-state index >= 15 is 0 Å². The van der Waals surface area contributed by atoms with Gasteiger partial charge in [0.05, 0.1) is 6.42 Å².